The van der Waals surface area contributed by atoms with Crippen LogP contribution in [0.2, 0.25) is 0 Å². The second kappa shape index (κ2) is 12.9. The molecule has 45 heavy (non-hydrogen) atoms. The van der Waals surface area contributed by atoms with Crippen LogP contribution in [0.1, 0.15) is 50.7 Å². The van der Waals surface area contributed by atoms with E-state index >= 15 is 0 Å². The monoisotopic (exact) mass is 630 g/mol. The molecule has 5 rings (SSSR count). The maximum atomic E-state index is 15.0. The molecule has 0 spiro atoms. The van der Waals surface area contributed by atoms with Crippen molar-refractivity contribution in [2.45, 2.75) is 51.6 Å². The van der Waals surface area contributed by atoms with Gasteiger partial charge in [-0.2, -0.15) is 8.78 Å². The molecule has 0 unspecified atom stereocenters. The molecule has 1 N–H and O–H groups in total. The molecule has 1 aliphatic heterocycles. The predicted octanol–water partition coefficient (Wildman–Crippen LogP) is 9.44. The molecule has 0 amide bonds. The molecule has 1 heterocycles. The number of alkyl halides is 2. The Hall–Kier alpha value is -3.86. The molecule has 0 bridgehead atoms. The third-order valence-electron chi connectivity index (χ3n) is 7.90. The van der Waals surface area contributed by atoms with Gasteiger partial charge in [-0.05, 0) is 59.5 Å². The summed E-state index contributed by atoms with van der Waals surface area (Å²) in [6.07, 6.45) is 0.366. The Labute approximate surface area is 257 Å². The van der Waals surface area contributed by atoms with Crippen LogP contribution in [0, 0.1) is 28.7 Å². The minimum Gasteiger partial charge on any atom is -0.429 e. The molecule has 0 radical (unpaired) electrons. The van der Waals surface area contributed by atoms with E-state index in [1.165, 1.54) is 12.1 Å². The first kappa shape index (κ1) is 32.5. The second-order valence-electron chi connectivity index (χ2n) is 11.6. The fourth-order valence-electron chi connectivity index (χ4n) is 5.18. The quantitative estimate of drug-likeness (QED) is 0.108. The van der Waals surface area contributed by atoms with Gasteiger partial charge in [-0.15, -0.1) is 0 Å². The van der Waals surface area contributed by atoms with Gasteiger partial charge in [0.15, 0.2) is 17.5 Å². The van der Waals surface area contributed by atoms with Crippen molar-refractivity contribution in [3.63, 3.8) is 0 Å². The minimum atomic E-state index is -3.85. The Morgan fingerprint density at radius 1 is 0.756 bits per heavy atom. The van der Waals surface area contributed by atoms with Gasteiger partial charge in [-0.1, -0.05) is 69.5 Å². The molecular weight excluding hydrogens is 598 g/mol. The highest BCUT2D eigenvalue weighted by molar-refractivity contribution is 5.66. The van der Waals surface area contributed by atoms with Gasteiger partial charge in [-0.25, -0.2) is 17.6 Å². The lowest BCUT2D eigenvalue weighted by Gasteiger charge is -2.42. The zero-order chi connectivity index (χ0) is 32.4. The van der Waals surface area contributed by atoms with Gasteiger partial charge in [0.2, 0.25) is 0 Å². The average Bonchev–Trinajstić information content (AvgIpc) is 3.01. The summed E-state index contributed by atoms with van der Waals surface area (Å²) < 4.78 is 101. The number of ether oxygens (including phenoxy) is 3. The van der Waals surface area contributed by atoms with E-state index in [2.05, 4.69) is 13.8 Å². The number of unbranched alkanes of at least 4 members (excludes halogenated alkanes) is 2. The smallest absolute Gasteiger partial charge is 0.426 e. The zero-order valence-corrected chi connectivity index (χ0v) is 24.7. The Kier molecular flexibility index (Phi) is 9.30. The lowest BCUT2D eigenvalue weighted by atomic mass is 9.85. The van der Waals surface area contributed by atoms with E-state index in [4.69, 9.17) is 14.2 Å². The lowest BCUT2D eigenvalue weighted by molar-refractivity contribution is -0.414. The van der Waals surface area contributed by atoms with Crippen LogP contribution in [0.3, 0.4) is 0 Å². The van der Waals surface area contributed by atoms with Crippen LogP contribution in [0.25, 0.3) is 22.3 Å². The van der Waals surface area contributed by atoms with E-state index in [1.54, 1.807) is 24.3 Å². The van der Waals surface area contributed by atoms with E-state index in [-0.39, 0.29) is 16.5 Å². The Balaban J connectivity index is 1.24. The highest BCUT2D eigenvalue weighted by atomic mass is 19.3. The van der Waals surface area contributed by atoms with Crippen LogP contribution in [0.15, 0.2) is 78.9 Å². The third kappa shape index (κ3) is 7.19. The van der Waals surface area contributed by atoms with Crippen LogP contribution < -0.4 is 4.74 Å². The summed E-state index contributed by atoms with van der Waals surface area (Å²) in [6, 6.07) is 15.9. The highest BCUT2D eigenvalue weighted by Crippen LogP contribution is 2.39. The van der Waals surface area contributed by atoms with Gasteiger partial charge in [0.05, 0.1) is 18.8 Å². The summed E-state index contributed by atoms with van der Waals surface area (Å²) in [4.78, 5) is 0. The molecule has 1 fully saturated rings. The van der Waals surface area contributed by atoms with Gasteiger partial charge in [-0.3, -0.25) is 0 Å². The summed E-state index contributed by atoms with van der Waals surface area (Å²) in [5, 5.41) is 11.0. The number of hydrogen-bond acceptors (Lipinski definition) is 4. The first-order valence-electron chi connectivity index (χ1n) is 14.6. The first-order chi connectivity index (χ1) is 21.3. The summed E-state index contributed by atoms with van der Waals surface area (Å²) in [5.41, 5.74) is 0.383. The average molecular weight is 631 g/mol. The van der Waals surface area contributed by atoms with Crippen molar-refractivity contribution in [1.29, 1.82) is 0 Å². The van der Waals surface area contributed by atoms with Gasteiger partial charge >= 0.3 is 12.1 Å². The molecular formula is C35H32F6O4. The SMILES string of the molecule is CCCCCC1(C)COC(O)(c2ccc(-c3ccc(C(F)(F)Oc4ccc(-c5cc(F)c(F)c(F)c5)c(F)c4)cc3)cc2)OC1. The van der Waals surface area contributed by atoms with Crippen molar-refractivity contribution in [2.24, 2.45) is 5.41 Å². The van der Waals surface area contributed by atoms with Gasteiger partial charge < -0.3 is 19.3 Å². The molecule has 238 valence electrons. The molecule has 10 heteroatoms. The molecule has 4 aromatic rings. The molecule has 1 saturated heterocycles. The Bertz CT molecular complexity index is 1610. The van der Waals surface area contributed by atoms with Crippen molar-refractivity contribution >= 4 is 0 Å². The van der Waals surface area contributed by atoms with Crippen LogP contribution in [0.5, 0.6) is 5.75 Å². The highest BCUT2D eigenvalue weighted by Gasteiger charge is 2.42. The van der Waals surface area contributed by atoms with Crippen LogP contribution in [0.4, 0.5) is 26.3 Å². The minimum absolute atomic E-state index is 0.183. The molecule has 0 aromatic heterocycles. The fourth-order valence-corrected chi connectivity index (χ4v) is 5.18. The molecule has 0 saturated carbocycles. The summed E-state index contributed by atoms with van der Waals surface area (Å²) in [5.74, 6) is -8.24. The summed E-state index contributed by atoms with van der Waals surface area (Å²) in [7, 11) is 0. The van der Waals surface area contributed by atoms with Crippen LogP contribution in [-0.2, 0) is 21.6 Å². The number of hydrogen-bond donors (Lipinski definition) is 1. The van der Waals surface area contributed by atoms with Crippen molar-refractivity contribution in [2.75, 3.05) is 13.2 Å². The number of aliphatic hydroxyl groups is 1. The van der Waals surface area contributed by atoms with Crippen molar-refractivity contribution < 1.29 is 45.7 Å². The number of rotatable bonds is 10. The normalized spacial score (nSPS) is 20.3. The van der Waals surface area contributed by atoms with Crippen LogP contribution in [-0.4, -0.2) is 18.3 Å². The van der Waals surface area contributed by atoms with Crippen molar-refractivity contribution in [3.05, 3.63) is 113 Å². The Morgan fingerprint density at radius 3 is 1.89 bits per heavy atom. The third-order valence-corrected chi connectivity index (χ3v) is 7.90. The molecule has 0 atom stereocenters. The topological polar surface area (TPSA) is 47.9 Å². The van der Waals surface area contributed by atoms with E-state index in [9.17, 15) is 31.4 Å². The lowest BCUT2D eigenvalue weighted by Crippen LogP contribution is -2.46. The second-order valence-corrected chi connectivity index (χ2v) is 11.6. The largest absolute Gasteiger partial charge is 0.429 e. The number of halogens is 6. The van der Waals surface area contributed by atoms with E-state index < -0.39 is 46.7 Å². The first-order valence-corrected chi connectivity index (χ1v) is 14.6. The predicted molar refractivity (Wildman–Crippen MR) is 156 cm³/mol. The van der Waals surface area contributed by atoms with Gasteiger partial charge in [0, 0.05) is 22.6 Å². The van der Waals surface area contributed by atoms with E-state index in [0.29, 0.717) is 48.1 Å². The molecule has 4 nitrogen and oxygen atoms in total. The van der Waals surface area contributed by atoms with Crippen molar-refractivity contribution in [1.82, 2.24) is 0 Å². The van der Waals surface area contributed by atoms with E-state index in [0.717, 1.165) is 49.9 Å². The summed E-state index contributed by atoms with van der Waals surface area (Å²) >= 11 is 0. The maximum absolute atomic E-state index is 15.0. The fraction of sp³-hybridized carbons (Fsp3) is 0.314. The zero-order valence-electron chi connectivity index (χ0n) is 24.7. The van der Waals surface area contributed by atoms with Crippen molar-refractivity contribution in [3.8, 4) is 28.0 Å². The molecule has 0 aliphatic carbocycles. The summed E-state index contributed by atoms with van der Waals surface area (Å²) in [6.45, 7) is 4.90. The molecule has 4 aromatic carbocycles. The van der Waals surface area contributed by atoms with E-state index in [1.807, 2.05) is 0 Å². The number of benzene rings is 4. The standard InChI is InChI=1S/C35H32F6O4/c1-3-4-5-16-33(2)20-43-35(42,44-21-33)26-12-8-23(9-13-26)22-6-10-25(11-7-22)34(40,41)45-27-14-15-28(29(36)19-27)24-17-30(37)32(39)31(38)18-24/h6-15,17-19,42H,3-5,16,20-21H2,1-2H3. The van der Waals surface area contributed by atoms with Gasteiger partial charge in [0.1, 0.15) is 11.6 Å². The van der Waals surface area contributed by atoms with Gasteiger partial charge in [0.25, 0.3) is 0 Å². The Morgan fingerprint density at radius 2 is 1.33 bits per heavy atom. The van der Waals surface area contributed by atoms with Crippen LogP contribution >= 0.6 is 0 Å². The molecule has 1 aliphatic rings. The maximum Gasteiger partial charge on any atom is 0.426 e.